The van der Waals surface area contributed by atoms with E-state index in [0.29, 0.717) is 42.9 Å². The normalized spacial score (nSPS) is 15.8. The molecule has 0 radical (unpaired) electrons. The number of rotatable bonds is 5. The topological polar surface area (TPSA) is 88.1 Å². The highest BCUT2D eigenvalue weighted by Crippen LogP contribution is 2.30. The Bertz CT molecular complexity index is 1110. The quantitative estimate of drug-likeness (QED) is 0.515. The van der Waals surface area contributed by atoms with Crippen molar-refractivity contribution in [2.45, 2.75) is 26.2 Å². The summed E-state index contributed by atoms with van der Waals surface area (Å²) in [6.45, 7) is 3.70. The van der Waals surface area contributed by atoms with Gasteiger partial charge in [0, 0.05) is 6.20 Å². The summed E-state index contributed by atoms with van der Waals surface area (Å²) in [7, 11) is 0. The van der Waals surface area contributed by atoms with Crippen molar-refractivity contribution in [1.29, 1.82) is 0 Å². The number of fused-ring (bicyclic) bond motifs is 1. The Morgan fingerprint density at radius 3 is 2.83 bits per heavy atom. The summed E-state index contributed by atoms with van der Waals surface area (Å²) in [6.07, 6.45) is 1.62. The average Bonchev–Trinajstić information content (AvgIpc) is 3.42. The first-order chi connectivity index (χ1) is 14.3. The first-order valence-corrected chi connectivity index (χ1v) is 9.46. The second kappa shape index (κ2) is 7.48. The molecule has 1 aliphatic heterocycles. The second-order valence-corrected chi connectivity index (χ2v) is 6.64. The SMILES string of the molecule is CCOc1ccc(C2Cn3nc(-c4nc(-c5ccccn5)no4)cc3CO2)cc1. The zero-order valence-corrected chi connectivity index (χ0v) is 15.9. The van der Waals surface area contributed by atoms with Crippen molar-refractivity contribution < 1.29 is 14.0 Å². The minimum atomic E-state index is -0.0716. The lowest BCUT2D eigenvalue weighted by molar-refractivity contribution is -0.00115. The number of aromatic nitrogens is 5. The van der Waals surface area contributed by atoms with E-state index in [1.165, 1.54) is 0 Å². The van der Waals surface area contributed by atoms with E-state index in [1.54, 1.807) is 6.20 Å². The Balaban J connectivity index is 1.35. The standard InChI is InChI=1S/C21H19N5O3/c1-2-27-16-8-6-14(7-9-16)19-12-26-15(13-28-19)11-18(24-26)21-23-20(25-29-21)17-5-3-4-10-22-17/h3-11,19H,2,12-13H2,1H3. The van der Waals surface area contributed by atoms with E-state index in [1.807, 2.05) is 60.1 Å². The molecule has 146 valence electrons. The molecule has 0 N–H and O–H groups in total. The molecule has 4 heterocycles. The van der Waals surface area contributed by atoms with Crippen LogP contribution in [0.1, 0.15) is 24.3 Å². The fourth-order valence-corrected chi connectivity index (χ4v) is 3.30. The molecular formula is C21H19N5O3. The lowest BCUT2D eigenvalue weighted by Crippen LogP contribution is -2.21. The Hall–Kier alpha value is -3.52. The summed E-state index contributed by atoms with van der Waals surface area (Å²) < 4.78 is 18.9. The van der Waals surface area contributed by atoms with E-state index in [0.717, 1.165) is 17.0 Å². The van der Waals surface area contributed by atoms with Crippen molar-refractivity contribution in [3.63, 3.8) is 0 Å². The van der Waals surface area contributed by atoms with Crippen molar-refractivity contribution in [1.82, 2.24) is 24.9 Å². The molecule has 0 saturated heterocycles. The first kappa shape index (κ1) is 17.6. The second-order valence-electron chi connectivity index (χ2n) is 6.64. The Labute approximate surface area is 167 Å². The Kier molecular flexibility index (Phi) is 4.53. The van der Waals surface area contributed by atoms with Gasteiger partial charge in [0.2, 0.25) is 5.82 Å². The molecule has 0 bridgehead atoms. The maximum absolute atomic E-state index is 6.04. The highest BCUT2D eigenvalue weighted by molar-refractivity contribution is 5.54. The fourth-order valence-electron chi connectivity index (χ4n) is 3.30. The molecule has 0 spiro atoms. The predicted octanol–water partition coefficient (Wildman–Crippen LogP) is 3.67. The van der Waals surface area contributed by atoms with E-state index < -0.39 is 0 Å². The lowest BCUT2D eigenvalue weighted by atomic mass is 10.1. The van der Waals surface area contributed by atoms with Crippen LogP contribution in [-0.2, 0) is 17.9 Å². The van der Waals surface area contributed by atoms with Gasteiger partial charge >= 0.3 is 0 Å². The summed E-state index contributed by atoms with van der Waals surface area (Å²) in [5.74, 6) is 1.66. The third kappa shape index (κ3) is 3.50. The van der Waals surface area contributed by atoms with Crippen LogP contribution in [0.25, 0.3) is 23.1 Å². The molecule has 0 fully saturated rings. The molecule has 0 saturated carbocycles. The molecule has 0 aliphatic carbocycles. The van der Waals surface area contributed by atoms with E-state index >= 15 is 0 Å². The molecule has 1 aliphatic rings. The van der Waals surface area contributed by atoms with Crippen LogP contribution in [0.3, 0.4) is 0 Å². The van der Waals surface area contributed by atoms with Crippen LogP contribution in [0, 0.1) is 0 Å². The Morgan fingerprint density at radius 2 is 2.03 bits per heavy atom. The summed E-state index contributed by atoms with van der Waals surface area (Å²) in [4.78, 5) is 8.67. The Morgan fingerprint density at radius 1 is 1.14 bits per heavy atom. The van der Waals surface area contributed by atoms with E-state index in [4.69, 9.17) is 14.0 Å². The van der Waals surface area contributed by atoms with E-state index in [-0.39, 0.29) is 6.10 Å². The third-order valence-corrected chi connectivity index (χ3v) is 4.74. The molecule has 5 rings (SSSR count). The zero-order chi connectivity index (χ0) is 19.6. The lowest BCUT2D eigenvalue weighted by Gasteiger charge is -2.24. The fraction of sp³-hybridized carbons (Fsp3) is 0.238. The first-order valence-electron chi connectivity index (χ1n) is 9.46. The number of hydrogen-bond acceptors (Lipinski definition) is 7. The molecule has 1 aromatic carbocycles. The van der Waals surface area contributed by atoms with Crippen LogP contribution in [0.15, 0.2) is 59.3 Å². The van der Waals surface area contributed by atoms with Crippen LogP contribution < -0.4 is 4.74 Å². The maximum Gasteiger partial charge on any atom is 0.278 e. The van der Waals surface area contributed by atoms with Crippen LogP contribution in [0.5, 0.6) is 5.75 Å². The monoisotopic (exact) mass is 389 g/mol. The van der Waals surface area contributed by atoms with Gasteiger partial charge in [-0.2, -0.15) is 10.1 Å². The molecular weight excluding hydrogens is 370 g/mol. The summed E-state index contributed by atoms with van der Waals surface area (Å²) >= 11 is 0. The average molecular weight is 389 g/mol. The van der Waals surface area contributed by atoms with E-state index in [9.17, 15) is 0 Å². The van der Waals surface area contributed by atoms with Crippen LogP contribution in [-0.4, -0.2) is 31.5 Å². The molecule has 8 nitrogen and oxygen atoms in total. The van der Waals surface area contributed by atoms with E-state index in [2.05, 4.69) is 20.2 Å². The van der Waals surface area contributed by atoms with Gasteiger partial charge in [-0.15, -0.1) is 0 Å². The van der Waals surface area contributed by atoms with Gasteiger partial charge in [0.1, 0.15) is 17.5 Å². The molecule has 1 atom stereocenters. The molecule has 29 heavy (non-hydrogen) atoms. The van der Waals surface area contributed by atoms with Gasteiger partial charge < -0.3 is 14.0 Å². The smallest absolute Gasteiger partial charge is 0.278 e. The van der Waals surface area contributed by atoms with Crippen molar-refractivity contribution in [2.24, 2.45) is 0 Å². The van der Waals surface area contributed by atoms with Gasteiger partial charge in [-0.3, -0.25) is 9.67 Å². The van der Waals surface area contributed by atoms with Gasteiger partial charge in [0.05, 0.1) is 25.5 Å². The highest BCUT2D eigenvalue weighted by Gasteiger charge is 2.24. The highest BCUT2D eigenvalue weighted by atomic mass is 16.5. The van der Waals surface area contributed by atoms with Gasteiger partial charge in [0.25, 0.3) is 5.89 Å². The zero-order valence-electron chi connectivity index (χ0n) is 15.9. The summed E-state index contributed by atoms with van der Waals surface area (Å²) in [5, 5.41) is 8.66. The number of hydrogen-bond donors (Lipinski definition) is 0. The largest absolute Gasteiger partial charge is 0.494 e. The van der Waals surface area contributed by atoms with Crippen LogP contribution in [0.2, 0.25) is 0 Å². The molecule has 0 amide bonds. The molecule has 3 aromatic heterocycles. The maximum atomic E-state index is 6.04. The van der Waals surface area contributed by atoms with Crippen molar-refractivity contribution in [2.75, 3.05) is 6.61 Å². The summed E-state index contributed by atoms with van der Waals surface area (Å²) in [5.41, 5.74) is 3.35. The summed E-state index contributed by atoms with van der Waals surface area (Å²) in [6, 6.07) is 15.5. The van der Waals surface area contributed by atoms with Gasteiger partial charge in [0.15, 0.2) is 5.69 Å². The number of ether oxygens (including phenoxy) is 2. The van der Waals surface area contributed by atoms with Crippen LogP contribution >= 0.6 is 0 Å². The predicted molar refractivity (Wildman–Crippen MR) is 104 cm³/mol. The third-order valence-electron chi connectivity index (χ3n) is 4.74. The minimum absolute atomic E-state index is 0.0716. The molecule has 8 heteroatoms. The van der Waals surface area contributed by atoms with Gasteiger partial charge in [-0.25, -0.2) is 0 Å². The van der Waals surface area contributed by atoms with Gasteiger partial charge in [-0.05, 0) is 42.8 Å². The van der Waals surface area contributed by atoms with Crippen molar-refractivity contribution >= 4 is 0 Å². The molecule has 1 unspecified atom stereocenters. The number of nitrogens with zero attached hydrogens (tertiary/aromatic N) is 5. The molecule has 4 aromatic rings. The van der Waals surface area contributed by atoms with Gasteiger partial charge in [-0.1, -0.05) is 23.4 Å². The number of benzene rings is 1. The minimum Gasteiger partial charge on any atom is -0.494 e. The number of pyridine rings is 1. The van der Waals surface area contributed by atoms with Crippen LogP contribution in [0.4, 0.5) is 0 Å². The van der Waals surface area contributed by atoms with Crippen molar-refractivity contribution in [3.8, 4) is 28.9 Å². The van der Waals surface area contributed by atoms with Crippen molar-refractivity contribution in [3.05, 3.63) is 66.0 Å².